The van der Waals surface area contributed by atoms with Crippen LogP contribution in [0.2, 0.25) is 19.1 Å². The van der Waals surface area contributed by atoms with Gasteiger partial charge in [0.15, 0.2) is 8.32 Å². The molecule has 3 heteroatoms. The summed E-state index contributed by atoms with van der Waals surface area (Å²) in [5.41, 5.74) is 0. The summed E-state index contributed by atoms with van der Waals surface area (Å²) in [5.74, 6) is 0. The second-order valence-corrected chi connectivity index (χ2v) is 9.51. The normalized spacial score (nSPS) is 25.8. The zero-order chi connectivity index (χ0) is 11.1. The Bertz CT molecular complexity index is 173. The van der Waals surface area contributed by atoms with Crippen LogP contribution in [-0.4, -0.2) is 39.5 Å². The maximum absolute atomic E-state index is 6.09. The van der Waals surface area contributed by atoms with Gasteiger partial charge in [-0.1, -0.05) is 26.2 Å². The summed E-state index contributed by atoms with van der Waals surface area (Å²) in [6.45, 7) is 11.5. The highest BCUT2D eigenvalue weighted by Crippen LogP contribution is 2.17. The van der Waals surface area contributed by atoms with Gasteiger partial charge in [0.2, 0.25) is 0 Å². The van der Waals surface area contributed by atoms with Gasteiger partial charge >= 0.3 is 0 Å². The molecule has 0 aromatic heterocycles. The highest BCUT2D eigenvalue weighted by molar-refractivity contribution is 6.71. The maximum Gasteiger partial charge on any atom is 0.186 e. The van der Waals surface area contributed by atoms with Crippen molar-refractivity contribution >= 4 is 8.32 Å². The molecule has 90 valence electrons. The molecule has 1 aliphatic rings. The molecule has 1 fully saturated rings. The van der Waals surface area contributed by atoms with E-state index in [0.717, 1.165) is 13.2 Å². The molecule has 0 aliphatic carbocycles. The molecule has 0 bridgehead atoms. The van der Waals surface area contributed by atoms with Crippen molar-refractivity contribution in [3.63, 3.8) is 0 Å². The van der Waals surface area contributed by atoms with E-state index in [9.17, 15) is 0 Å². The smallest absolute Gasteiger partial charge is 0.186 e. The van der Waals surface area contributed by atoms with Gasteiger partial charge in [-0.15, -0.1) is 0 Å². The van der Waals surface area contributed by atoms with Crippen LogP contribution in [-0.2, 0) is 4.43 Å². The summed E-state index contributed by atoms with van der Waals surface area (Å²) in [7, 11) is -1.32. The standard InChI is InChI=1S/C12H27NOSi/c1-4-13-9-7-5-6-8-12-15(2,3)14-11-10-13/h4-12H2,1-3H3. The molecule has 0 aromatic carbocycles. The lowest BCUT2D eigenvalue weighted by Crippen LogP contribution is -2.35. The van der Waals surface area contributed by atoms with Gasteiger partial charge < -0.3 is 9.33 Å². The molecule has 0 amide bonds. The number of hydrogen-bond acceptors (Lipinski definition) is 2. The van der Waals surface area contributed by atoms with Gasteiger partial charge in [-0.3, -0.25) is 0 Å². The van der Waals surface area contributed by atoms with Crippen molar-refractivity contribution in [3.8, 4) is 0 Å². The Balaban J connectivity index is 2.39. The molecule has 15 heavy (non-hydrogen) atoms. The fourth-order valence-corrected chi connectivity index (χ4v) is 4.08. The summed E-state index contributed by atoms with van der Waals surface area (Å²) >= 11 is 0. The Hall–Kier alpha value is 0.137. The average Bonchev–Trinajstić information content (AvgIpc) is 2.22. The highest BCUT2D eigenvalue weighted by Gasteiger charge is 2.22. The molecule has 1 heterocycles. The fourth-order valence-electron chi connectivity index (χ4n) is 2.19. The number of rotatable bonds is 1. The van der Waals surface area contributed by atoms with Gasteiger partial charge in [0.1, 0.15) is 0 Å². The lowest BCUT2D eigenvalue weighted by molar-refractivity contribution is 0.210. The molecule has 0 N–H and O–H groups in total. The summed E-state index contributed by atoms with van der Waals surface area (Å²) < 4.78 is 6.09. The van der Waals surface area contributed by atoms with E-state index in [-0.39, 0.29) is 0 Å². The van der Waals surface area contributed by atoms with Crippen LogP contribution in [0.5, 0.6) is 0 Å². The molecule has 2 nitrogen and oxygen atoms in total. The Morgan fingerprint density at radius 2 is 1.80 bits per heavy atom. The first kappa shape index (κ1) is 13.2. The van der Waals surface area contributed by atoms with E-state index in [1.54, 1.807) is 0 Å². The largest absolute Gasteiger partial charge is 0.416 e. The summed E-state index contributed by atoms with van der Waals surface area (Å²) in [6, 6.07) is 1.35. The fraction of sp³-hybridized carbons (Fsp3) is 1.00. The molecule has 1 aliphatic heterocycles. The van der Waals surface area contributed by atoms with Crippen LogP contribution in [0.15, 0.2) is 0 Å². The van der Waals surface area contributed by atoms with E-state index in [1.165, 1.54) is 44.8 Å². The Kier molecular flexibility index (Phi) is 5.86. The Morgan fingerprint density at radius 1 is 1.07 bits per heavy atom. The van der Waals surface area contributed by atoms with Gasteiger partial charge in [-0.05, 0) is 38.6 Å². The quantitative estimate of drug-likeness (QED) is 0.641. The van der Waals surface area contributed by atoms with Gasteiger partial charge in [-0.25, -0.2) is 0 Å². The van der Waals surface area contributed by atoms with Crippen LogP contribution in [0.4, 0.5) is 0 Å². The molecule has 1 saturated heterocycles. The molecule has 0 radical (unpaired) electrons. The van der Waals surface area contributed by atoms with E-state index in [2.05, 4.69) is 24.9 Å². The van der Waals surface area contributed by atoms with Crippen molar-refractivity contribution < 1.29 is 4.43 Å². The SMILES string of the molecule is CCN1CCCCCC[Si](C)(C)OCC1. The van der Waals surface area contributed by atoms with Crippen molar-refractivity contribution in [2.45, 2.75) is 51.7 Å². The van der Waals surface area contributed by atoms with E-state index >= 15 is 0 Å². The topological polar surface area (TPSA) is 12.5 Å². The van der Waals surface area contributed by atoms with E-state index in [1.807, 2.05) is 0 Å². The first-order chi connectivity index (χ1) is 7.14. The van der Waals surface area contributed by atoms with Gasteiger partial charge in [0, 0.05) is 13.2 Å². The van der Waals surface area contributed by atoms with Crippen LogP contribution in [0.25, 0.3) is 0 Å². The third-order valence-electron chi connectivity index (χ3n) is 3.35. The summed E-state index contributed by atoms with van der Waals surface area (Å²) in [5, 5.41) is 0. The maximum atomic E-state index is 6.09. The van der Waals surface area contributed by atoms with Gasteiger partial charge in [0.05, 0.1) is 0 Å². The average molecular weight is 229 g/mol. The minimum Gasteiger partial charge on any atom is -0.416 e. The molecule has 1 rings (SSSR count). The van der Waals surface area contributed by atoms with Gasteiger partial charge in [0.25, 0.3) is 0 Å². The third-order valence-corrected chi connectivity index (χ3v) is 5.89. The van der Waals surface area contributed by atoms with Crippen molar-refractivity contribution in [3.05, 3.63) is 0 Å². The molecule has 0 aromatic rings. The second-order valence-electron chi connectivity index (χ2n) is 5.21. The van der Waals surface area contributed by atoms with Crippen LogP contribution in [0.3, 0.4) is 0 Å². The van der Waals surface area contributed by atoms with Crippen molar-refractivity contribution in [2.75, 3.05) is 26.2 Å². The molecular formula is C12H27NOSi. The van der Waals surface area contributed by atoms with Gasteiger partial charge in [-0.2, -0.15) is 0 Å². The first-order valence-corrected chi connectivity index (χ1v) is 9.62. The molecule has 0 spiro atoms. The number of nitrogens with zero attached hydrogens (tertiary/aromatic N) is 1. The number of likely N-dealkylation sites (N-methyl/N-ethyl adjacent to an activating group) is 1. The highest BCUT2D eigenvalue weighted by atomic mass is 28.4. The van der Waals surface area contributed by atoms with Crippen LogP contribution in [0.1, 0.15) is 32.6 Å². The van der Waals surface area contributed by atoms with Crippen molar-refractivity contribution in [1.82, 2.24) is 4.90 Å². The predicted molar refractivity (Wildman–Crippen MR) is 68.8 cm³/mol. The first-order valence-electron chi connectivity index (χ1n) is 6.50. The zero-order valence-corrected chi connectivity index (χ0v) is 11.7. The van der Waals surface area contributed by atoms with Crippen molar-refractivity contribution in [1.29, 1.82) is 0 Å². The lowest BCUT2D eigenvalue weighted by Gasteiger charge is -2.25. The molecule has 0 saturated carbocycles. The van der Waals surface area contributed by atoms with Crippen LogP contribution in [0, 0.1) is 0 Å². The van der Waals surface area contributed by atoms with E-state index < -0.39 is 8.32 Å². The number of hydrogen-bond donors (Lipinski definition) is 0. The Morgan fingerprint density at radius 3 is 2.53 bits per heavy atom. The summed E-state index contributed by atoms with van der Waals surface area (Å²) in [6.07, 6.45) is 5.56. The Labute approximate surface area is 96.1 Å². The molecular weight excluding hydrogens is 202 g/mol. The van der Waals surface area contributed by atoms with Crippen molar-refractivity contribution in [2.24, 2.45) is 0 Å². The monoisotopic (exact) mass is 229 g/mol. The lowest BCUT2D eigenvalue weighted by atomic mass is 10.2. The predicted octanol–water partition coefficient (Wildman–Crippen LogP) is 3.10. The van der Waals surface area contributed by atoms with E-state index in [4.69, 9.17) is 4.43 Å². The third kappa shape index (κ3) is 5.69. The molecule has 0 unspecified atom stereocenters. The summed E-state index contributed by atoms with van der Waals surface area (Å²) in [4.78, 5) is 2.52. The second kappa shape index (κ2) is 6.66. The zero-order valence-electron chi connectivity index (χ0n) is 10.7. The van der Waals surface area contributed by atoms with Crippen LogP contribution < -0.4 is 0 Å². The minimum absolute atomic E-state index is 0.951. The molecule has 0 atom stereocenters. The van der Waals surface area contributed by atoms with Crippen LogP contribution >= 0.6 is 0 Å². The van der Waals surface area contributed by atoms with E-state index in [0.29, 0.717) is 0 Å². The minimum atomic E-state index is -1.32.